The predicted octanol–water partition coefficient (Wildman–Crippen LogP) is 1.52. The van der Waals surface area contributed by atoms with Crippen molar-refractivity contribution in [3.05, 3.63) is 24.3 Å². The van der Waals surface area contributed by atoms with Gasteiger partial charge in [-0.05, 0) is 44.5 Å². The van der Waals surface area contributed by atoms with Crippen LogP contribution >= 0.6 is 12.4 Å². The van der Waals surface area contributed by atoms with E-state index >= 15 is 0 Å². The molecule has 5 nitrogen and oxygen atoms in total. The number of benzene rings is 1. The van der Waals surface area contributed by atoms with E-state index in [-0.39, 0.29) is 23.3 Å². The number of ether oxygens (including phenoxy) is 1. The third-order valence-corrected chi connectivity index (χ3v) is 3.81. The van der Waals surface area contributed by atoms with Crippen LogP contribution in [-0.4, -0.2) is 27.6 Å². The van der Waals surface area contributed by atoms with Gasteiger partial charge >= 0.3 is 0 Å². The van der Waals surface area contributed by atoms with Gasteiger partial charge in [-0.15, -0.1) is 12.4 Å². The molecule has 1 rings (SSSR count). The van der Waals surface area contributed by atoms with E-state index in [0.29, 0.717) is 25.3 Å². The number of hydrogen-bond acceptors (Lipinski definition) is 4. The van der Waals surface area contributed by atoms with Crippen LogP contribution in [0.25, 0.3) is 0 Å². The van der Waals surface area contributed by atoms with Crippen LogP contribution in [0.15, 0.2) is 29.2 Å². The van der Waals surface area contributed by atoms with E-state index in [4.69, 9.17) is 10.5 Å². The van der Waals surface area contributed by atoms with Crippen molar-refractivity contribution in [2.45, 2.75) is 31.2 Å². The zero-order valence-electron chi connectivity index (χ0n) is 11.1. The van der Waals surface area contributed by atoms with Gasteiger partial charge in [0.2, 0.25) is 10.0 Å². The molecular weight excluding hydrogens is 288 g/mol. The molecule has 0 radical (unpaired) electrons. The molecule has 1 atom stereocenters. The summed E-state index contributed by atoms with van der Waals surface area (Å²) in [7, 11) is -3.45. The maximum absolute atomic E-state index is 11.9. The third kappa shape index (κ3) is 6.24. The second-order valence-corrected chi connectivity index (χ2v) is 5.84. The van der Waals surface area contributed by atoms with Crippen LogP contribution in [0, 0.1) is 0 Å². The third-order valence-electron chi connectivity index (χ3n) is 2.34. The Balaban J connectivity index is 0.00000324. The van der Waals surface area contributed by atoms with Gasteiger partial charge in [-0.3, -0.25) is 0 Å². The van der Waals surface area contributed by atoms with Gasteiger partial charge in [0.25, 0.3) is 0 Å². The highest BCUT2D eigenvalue weighted by Crippen LogP contribution is 2.15. The fourth-order valence-corrected chi connectivity index (χ4v) is 2.43. The van der Waals surface area contributed by atoms with E-state index < -0.39 is 10.0 Å². The van der Waals surface area contributed by atoms with Crippen molar-refractivity contribution in [3.8, 4) is 5.75 Å². The minimum Gasteiger partial charge on any atom is -0.494 e. The Hall–Kier alpha value is -0.820. The highest BCUT2D eigenvalue weighted by molar-refractivity contribution is 7.89. The highest BCUT2D eigenvalue weighted by Gasteiger charge is 2.13. The Kier molecular flexibility index (Phi) is 8.01. The molecule has 0 bridgehead atoms. The molecule has 1 aromatic carbocycles. The van der Waals surface area contributed by atoms with Crippen LogP contribution in [0.2, 0.25) is 0 Å². The molecule has 19 heavy (non-hydrogen) atoms. The van der Waals surface area contributed by atoms with Gasteiger partial charge in [0.15, 0.2) is 0 Å². The van der Waals surface area contributed by atoms with Gasteiger partial charge in [-0.25, -0.2) is 13.1 Å². The largest absolute Gasteiger partial charge is 0.494 e. The number of rotatable bonds is 7. The first-order chi connectivity index (χ1) is 8.45. The second kappa shape index (κ2) is 8.37. The monoisotopic (exact) mass is 308 g/mol. The van der Waals surface area contributed by atoms with Crippen molar-refractivity contribution < 1.29 is 13.2 Å². The van der Waals surface area contributed by atoms with Gasteiger partial charge in [-0.2, -0.15) is 0 Å². The summed E-state index contributed by atoms with van der Waals surface area (Å²) >= 11 is 0. The van der Waals surface area contributed by atoms with Crippen LogP contribution < -0.4 is 15.2 Å². The maximum atomic E-state index is 11.9. The summed E-state index contributed by atoms with van der Waals surface area (Å²) in [5.41, 5.74) is 5.56. The van der Waals surface area contributed by atoms with Crippen molar-refractivity contribution in [3.63, 3.8) is 0 Å². The average molecular weight is 309 g/mol. The van der Waals surface area contributed by atoms with Gasteiger partial charge < -0.3 is 10.5 Å². The molecule has 1 aromatic rings. The molecule has 0 amide bonds. The van der Waals surface area contributed by atoms with Crippen LogP contribution in [-0.2, 0) is 10.0 Å². The minimum absolute atomic E-state index is 0. The lowest BCUT2D eigenvalue weighted by Crippen LogP contribution is -2.29. The van der Waals surface area contributed by atoms with Gasteiger partial charge in [-0.1, -0.05) is 0 Å². The zero-order chi connectivity index (χ0) is 13.6. The SMILES string of the molecule is CCOc1ccc(S(=O)(=O)NCCC(C)N)cc1.Cl. The zero-order valence-corrected chi connectivity index (χ0v) is 12.8. The fraction of sp³-hybridized carbons (Fsp3) is 0.500. The summed E-state index contributed by atoms with van der Waals surface area (Å²) < 4.78 is 31.5. The van der Waals surface area contributed by atoms with E-state index in [2.05, 4.69) is 4.72 Å². The topological polar surface area (TPSA) is 81.4 Å². The van der Waals surface area contributed by atoms with Crippen molar-refractivity contribution >= 4 is 22.4 Å². The normalized spacial score (nSPS) is 12.6. The molecule has 3 N–H and O–H groups in total. The molecule has 110 valence electrons. The summed E-state index contributed by atoms with van der Waals surface area (Å²) in [4.78, 5) is 0.232. The molecular formula is C12H21ClN2O3S. The first kappa shape index (κ1) is 18.2. The lowest BCUT2D eigenvalue weighted by molar-refractivity contribution is 0.340. The number of nitrogens with one attached hydrogen (secondary N) is 1. The lowest BCUT2D eigenvalue weighted by atomic mass is 10.3. The van der Waals surface area contributed by atoms with Crippen molar-refractivity contribution in [1.82, 2.24) is 4.72 Å². The van der Waals surface area contributed by atoms with Gasteiger partial charge in [0.05, 0.1) is 11.5 Å². The van der Waals surface area contributed by atoms with Crippen LogP contribution in [0.1, 0.15) is 20.3 Å². The number of nitrogens with two attached hydrogens (primary N) is 1. The Labute approximate surface area is 121 Å². The van der Waals surface area contributed by atoms with Crippen molar-refractivity contribution in [1.29, 1.82) is 0 Å². The quantitative estimate of drug-likeness (QED) is 0.800. The predicted molar refractivity (Wildman–Crippen MR) is 78.3 cm³/mol. The van der Waals surface area contributed by atoms with E-state index in [1.807, 2.05) is 13.8 Å². The first-order valence-corrected chi connectivity index (χ1v) is 7.42. The molecule has 0 spiro atoms. The average Bonchev–Trinajstić information content (AvgIpc) is 2.29. The summed E-state index contributed by atoms with van der Waals surface area (Å²) in [5, 5.41) is 0. The van der Waals surface area contributed by atoms with E-state index in [9.17, 15) is 8.42 Å². The lowest BCUT2D eigenvalue weighted by Gasteiger charge is -2.09. The molecule has 0 fully saturated rings. The fourth-order valence-electron chi connectivity index (χ4n) is 1.39. The Bertz CT molecular complexity index is 460. The molecule has 0 aliphatic rings. The summed E-state index contributed by atoms with van der Waals surface area (Å²) in [5.74, 6) is 0.659. The van der Waals surface area contributed by atoms with Gasteiger partial charge in [0.1, 0.15) is 5.75 Å². The first-order valence-electron chi connectivity index (χ1n) is 5.94. The van der Waals surface area contributed by atoms with E-state index in [1.54, 1.807) is 12.1 Å². The van der Waals surface area contributed by atoms with Crippen LogP contribution in [0.5, 0.6) is 5.75 Å². The highest BCUT2D eigenvalue weighted by atomic mass is 35.5. The van der Waals surface area contributed by atoms with Crippen molar-refractivity contribution in [2.75, 3.05) is 13.2 Å². The molecule has 0 saturated heterocycles. The minimum atomic E-state index is -3.45. The molecule has 7 heteroatoms. The number of halogens is 1. The molecule has 0 saturated carbocycles. The van der Waals surface area contributed by atoms with Crippen LogP contribution in [0.3, 0.4) is 0 Å². The Morgan fingerprint density at radius 2 is 1.89 bits per heavy atom. The molecule has 0 aromatic heterocycles. The molecule has 0 aliphatic heterocycles. The Morgan fingerprint density at radius 1 is 1.32 bits per heavy atom. The second-order valence-electron chi connectivity index (χ2n) is 4.07. The molecule has 0 heterocycles. The number of hydrogen-bond donors (Lipinski definition) is 2. The molecule has 0 aliphatic carbocycles. The van der Waals surface area contributed by atoms with E-state index in [0.717, 1.165) is 0 Å². The summed E-state index contributed by atoms with van der Waals surface area (Å²) in [6.07, 6.45) is 0.607. The standard InChI is InChI=1S/C12H20N2O3S.ClH/c1-3-17-11-4-6-12(7-5-11)18(15,16)14-9-8-10(2)13;/h4-7,10,14H,3,8-9,13H2,1-2H3;1H. The summed E-state index contributed by atoms with van der Waals surface area (Å²) in [6, 6.07) is 6.32. The van der Waals surface area contributed by atoms with Gasteiger partial charge in [0, 0.05) is 12.6 Å². The van der Waals surface area contributed by atoms with E-state index in [1.165, 1.54) is 12.1 Å². The Morgan fingerprint density at radius 3 is 2.37 bits per heavy atom. The number of sulfonamides is 1. The van der Waals surface area contributed by atoms with Crippen molar-refractivity contribution in [2.24, 2.45) is 5.73 Å². The van der Waals surface area contributed by atoms with Crippen LogP contribution in [0.4, 0.5) is 0 Å². The summed E-state index contributed by atoms with van der Waals surface area (Å²) in [6.45, 7) is 4.61. The molecule has 1 unspecified atom stereocenters. The smallest absolute Gasteiger partial charge is 0.240 e. The maximum Gasteiger partial charge on any atom is 0.240 e.